The minimum absolute atomic E-state index is 0.304. The maximum atomic E-state index is 13.8. The summed E-state index contributed by atoms with van der Waals surface area (Å²) in [5, 5.41) is 0. The molecule has 0 spiro atoms. The van der Waals surface area contributed by atoms with Crippen LogP contribution in [0.4, 0.5) is 27.6 Å². The van der Waals surface area contributed by atoms with Gasteiger partial charge in [0.2, 0.25) is 11.7 Å². The van der Waals surface area contributed by atoms with Crippen molar-refractivity contribution in [1.82, 2.24) is 0 Å². The fraction of sp³-hybridized carbons (Fsp3) is 0.235. The Balaban J connectivity index is 1.96. The molecule has 0 atom stereocenters. The molecule has 0 aromatic heterocycles. The zero-order chi connectivity index (χ0) is 18.1. The van der Waals surface area contributed by atoms with Gasteiger partial charge in [-0.05, 0) is 24.3 Å². The van der Waals surface area contributed by atoms with E-state index in [0.717, 1.165) is 10.6 Å². The summed E-state index contributed by atoms with van der Waals surface area (Å²) in [7, 11) is 0. The second-order valence-electron chi connectivity index (χ2n) is 5.44. The van der Waals surface area contributed by atoms with Gasteiger partial charge in [0, 0.05) is 17.0 Å². The molecule has 1 amide bonds. The molecule has 132 valence electrons. The van der Waals surface area contributed by atoms with E-state index in [0.29, 0.717) is 18.7 Å². The fourth-order valence-electron chi connectivity index (χ4n) is 2.64. The third-order valence-corrected chi connectivity index (χ3v) is 5.02. The zero-order valence-corrected chi connectivity index (χ0v) is 13.6. The van der Waals surface area contributed by atoms with Crippen molar-refractivity contribution in [1.29, 1.82) is 0 Å². The molecule has 0 saturated carbocycles. The van der Waals surface area contributed by atoms with Crippen molar-refractivity contribution in [2.45, 2.75) is 17.7 Å². The lowest BCUT2D eigenvalue weighted by molar-refractivity contribution is -0.118. The number of anilines is 1. The Hall–Kier alpha value is -2.09. The molecule has 0 radical (unpaired) electrons. The summed E-state index contributed by atoms with van der Waals surface area (Å²) in [5.41, 5.74) is -0.547. The van der Waals surface area contributed by atoms with Gasteiger partial charge in [-0.3, -0.25) is 4.79 Å². The van der Waals surface area contributed by atoms with Crippen LogP contribution in [0.15, 0.2) is 29.2 Å². The number of halogens is 5. The first-order valence-corrected chi connectivity index (χ1v) is 8.43. The number of hydrogen-bond acceptors (Lipinski definition) is 2. The molecule has 2 aromatic carbocycles. The van der Waals surface area contributed by atoms with E-state index in [1.165, 1.54) is 16.7 Å². The first-order chi connectivity index (χ1) is 11.9. The Morgan fingerprint density at radius 1 is 0.960 bits per heavy atom. The van der Waals surface area contributed by atoms with Crippen molar-refractivity contribution in [3.63, 3.8) is 0 Å². The highest BCUT2D eigenvalue weighted by atomic mass is 32.2. The van der Waals surface area contributed by atoms with Crippen LogP contribution in [0.25, 0.3) is 0 Å². The van der Waals surface area contributed by atoms with E-state index in [2.05, 4.69) is 0 Å². The first-order valence-electron chi connectivity index (χ1n) is 7.44. The molecule has 0 saturated heterocycles. The van der Waals surface area contributed by atoms with Gasteiger partial charge >= 0.3 is 0 Å². The minimum atomic E-state index is -2.23. The van der Waals surface area contributed by atoms with E-state index in [4.69, 9.17) is 0 Å². The molecule has 1 heterocycles. The lowest BCUT2D eigenvalue weighted by Gasteiger charge is -2.23. The van der Waals surface area contributed by atoms with Crippen molar-refractivity contribution in [3.05, 3.63) is 58.9 Å². The van der Waals surface area contributed by atoms with Gasteiger partial charge in [0.1, 0.15) is 0 Å². The summed E-state index contributed by atoms with van der Waals surface area (Å²) in [6, 6.07) is 7.00. The van der Waals surface area contributed by atoms with E-state index >= 15 is 0 Å². The number of hydrogen-bond donors (Lipinski definition) is 0. The number of carbonyl (C=O) groups excluding carboxylic acids is 1. The molecule has 0 unspecified atom stereocenters. The van der Waals surface area contributed by atoms with Gasteiger partial charge in [0.15, 0.2) is 23.3 Å². The van der Waals surface area contributed by atoms with Crippen molar-refractivity contribution in [3.8, 4) is 0 Å². The molecule has 1 aliphatic heterocycles. The highest BCUT2D eigenvalue weighted by Crippen LogP contribution is 2.34. The van der Waals surface area contributed by atoms with Gasteiger partial charge in [0.25, 0.3) is 0 Å². The van der Waals surface area contributed by atoms with Gasteiger partial charge in [0.05, 0.1) is 12.1 Å². The van der Waals surface area contributed by atoms with Crippen LogP contribution in [0.3, 0.4) is 0 Å². The number of fused-ring (bicyclic) bond motifs is 1. The molecule has 0 aliphatic carbocycles. The van der Waals surface area contributed by atoms with Gasteiger partial charge in [-0.2, -0.15) is 0 Å². The summed E-state index contributed by atoms with van der Waals surface area (Å²) in [5.74, 6) is -10.2. The molecule has 25 heavy (non-hydrogen) atoms. The number of benzene rings is 2. The molecule has 0 bridgehead atoms. The smallest absolute Gasteiger partial charge is 0.231 e. The lowest BCUT2D eigenvalue weighted by Crippen LogP contribution is -2.33. The van der Waals surface area contributed by atoms with Crippen molar-refractivity contribution in [2.75, 3.05) is 17.2 Å². The predicted molar refractivity (Wildman–Crippen MR) is 84.1 cm³/mol. The normalized spacial score (nSPS) is 14.2. The van der Waals surface area contributed by atoms with Crippen LogP contribution in [0.5, 0.6) is 0 Å². The molecular formula is C17H12F5NOS. The fourth-order valence-corrected chi connectivity index (χ4v) is 3.63. The predicted octanol–water partition coefficient (Wildman–Crippen LogP) is 4.45. The summed E-state index contributed by atoms with van der Waals surface area (Å²) >= 11 is 1.54. The van der Waals surface area contributed by atoms with Crippen LogP contribution < -0.4 is 4.90 Å². The molecule has 0 N–H and O–H groups in total. The monoisotopic (exact) mass is 373 g/mol. The van der Waals surface area contributed by atoms with Gasteiger partial charge in [-0.25, -0.2) is 22.0 Å². The van der Waals surface area contributed by atoms with E-state index < -0.39 is 47.0 Å². The summed E-state index contributed by atoms with van der Waals surface area (Å²) in [6.07, 6.45) is -0.271. The largest absolute Gasteiger partial charge is 0.311 e. The third-order valence-electron chi connectivity index (χ3n) is 3.87. The minimum Gasteiger partial charge on any atom is -0.311 e. The van der Waals surface area contributed by atoms with Gasteiger partial charge < -0.3 is 4.90 Å². The zero-order valence-electron chi connectivity index (χ0n) is 12.8. The summed E-state index contributed by atoms with van der Waals surface area (Å²) < 4.78 is 67.4. The second kappa shape index (κ2) is 7.03. The van der Waals surface area contributed by atoms with Crippen LogP contribution in [-0.2, 0) is 11.2 Å². The number of amides is 1. The molecule has 1 aliphatic rings. The molecule has 0 fully saturated rings. The molecule has 8 heteroatoms. The van der Waals surface area contributed by atoms with E-state index in [9.17, 15) is 26.7 Å². The van der Waals surface area contributed by atoms with E-state index in [1.807, 2.05) is 6.07 Å². The molecular weight excluding hydrogens is 361 g/mol. The van der Waals surface area contributed by atoms with Gasteiger partial charge in [-0.15, -0.1) is 11.8 Å². The number of thioether (sulfide) groups is 1. The van der Waals surface area contributed by atoms with Gasteiger partial charge in [-0.1, -0.05) is 12.1 Å². The molecule has 3 rings (SSSR count). The number of para-hydroxylation sites is 1. The Morgan fingerprint density at radius 3 is 2.24 bits per heavy atom. The highest BCUT2D eigenvalue weighted by molar-refractivity contribution is 7.99. The Labute approximate surface area is 144 Å². The molecule has 2 nitrogen and oxygen atoms in total. The Bertz CT molecular complexity index is 813. The number of nitrogens with zero attached hydrogens (tertiary/aromatic N) is 1. The maximum absolute atomic E-state index is 13.8. The van der Waals surface area contributed by atoms with Crippen molar-refractivity contribution < 1.29 is 26.7 Å². The lowest BCUT2D eigenvalue weighted by atomic mass is 10.1. The number of carbonyl (C=O) groups is 1. The topological polar surface area (TPSA) is 20.3 Å². The molecule has 2 aromatic rings. The van der Waals surface area contributed by atoms with E-state index in [-0.39, 0.29) is 0 Å². The Morgan fingerprint density at radius 2 is 1.56 bits per heavy atom. The summed E-state index contributed by atoms with van der Waals surface area (Å²) in [6.45, 7) is 0.304. The maximum Gasteiger partial charge on any atom is 0.231 e. The first kappa shape index (κ1) is 17.7. The van der Waals surface area contributed by atoms with E-state index in [1.54, 1.807) is 18.2 Å². The quantitative estimate of drug-likeness (QED) is 0.440. The van der Waals surface area contributed by atoms with Crippen molar-refractivity contribution >= 4 is 23.4 Å². The number of rotatable bonds is 2. The third kappa shape index (κ3) is 3.22. The Kier molecular flexibility index (Phi) is 4.99. The summed E-state index contributed by atoms with van der Waals surface area (Å²) in [4.78, 5) is 14.7. The van der Waals surface area contributed by atoms with Crippen LogP contribution >= 0.6 is 11.8 Å². The van der Waals surface area contributed by atoms with Crippen LogP contribution in [-0.4, -0.2) is 18.2 Å². The van der Waals surface area contributed by atoms with Crippen LogP contribution in [0.1, 0.15) is 12.0 Å². The average molecular weight is 373 g/mol. The van der Waals surface area contributed by atoms with Crippen molar-refractivity contribution in [2.24, 2.45) is 0 Å². The standard InChI is InChI=1S/C17H12F5NOS/c18-13-9(14(19)16(21)17(22)15(13)20)8-12(24)23-6-3-7-25-11-5-2-1-4-10(11)23/h1-2,4-5H,3,6-8H2. The average Bonchev–Trinajstić information content (AvgIpc) is 2.84. The van der Waals surface area contributed by atoms with Crippen LogP contribution in [0.2, 0.25) is 0 Å². The SMILES string of the molecule is O=C(Cc1c(F)c(F)c(F)c(F)c1F)N1CCCSc2ccccc21. The highest BCUT2D eigenvalue weighted by Gasteiger charge is 2.29. The second-order valence-corrected chi connectivity index (χ2v) is 6.58. The van der Waals surface area contributed by atoms with Crippen LogP contribution in [0, 0.1) is 29.1 Å².